The molecule has 0 N–H and O–H groups in total. The second-order valence-electron chi connectivity index (χ2n) is 13.7. The first-order chi connectivity index (χ1) is 30.3. The van der Waals surface area contributed by atoms with Gasteiger partial charge in [0.15, 0.2) is 24.4 Å². The molecular weight excluding hydrogens is 853 g/mol. The Hall–Kier alpha value is -6.98. The highest BCUT2D eigenvalue weighted by atomic mass is 32.2. The molecule has 0 aliphatic rings. The highest BCUT2D eigenvalue weighted by molar-refractivity contribution is 7.87. The predicted octanol–water partition coefficient (Wildman–Crippen LogP) is 7.01. The van der Waals surface area contributed by atoms with Crippen LogP contribution in [0.1, 0.15) is 47.0 Å². The van der Waals surface area contributed by atoms with Crippen molar-refractivity contribution in [2.75, 3.05) is 13.2 Å². The van der Waals surface area contributed by atoms with Gasteiger partial charge in [0.25, 0.3) is 20.2 Å². The fourth-order valence-corrected chi connectivity index (χ4v) is 7.79. The molecule has 0 aliphatic heterocycles. The standard InChI is InChI=1S/C47H40O14S2/c1-33-27-29-39(30-28-33)63(54,55)57-32-41(59-45(49)35-19-9-3-10-20-35)43(61-47(51)37-23-13-5-14-24-37)42(60-46(50)36-21-11-4-12-22-36)40(58-44(48)34-17-7-2-8-18-34)31-56-62(52,53)38-25-15-6-16-26-38/h2-30,40-43H,31-32H2,1H3. The summed E-state index contributed by atoms with van der Waals surface area (Å²) in [5.41, 5.74) is 0.570. The zero-order valence-electron chi connectivity index (χ0n) is 33.5. The number of esters is 4. The molecule has 0 saturated heterocycles. The van der Waals surface area contributed by atoms with Crippen LogP contribution in [0, 0.1) is 6.92 Å². The molecule has 0 heterocycles. The Balaban J connectivity index is 1.52. The highest BCUT2D eigenvalue weighted by Crippen LogP contribution is 2.26. The Kier molecular flexibility index (Phi) is 15.3. The summed E-state index contributed by atoms with van der Waals surface area (Å²) in [6, 6.07) is 42.5. The molecule has 63 heavy (non-hydrogen) atoms. The van der Waals surface area contributed by atoms with Crippen molar-refractivity contribution in [3.05, 3.63) is 204 Å². The van der Waals surface area contributed by atoms with Gasteiger partial charge in [0.1, 0.15) is 13.2 Å². The number of carbonyl (C=O) groups excluding carboxylic acids is 4. The van der Waals surface area contributed by atoms with Crippen molar-refractivity contribution in [1.82, 2.24) is 0 Å². The molecule has 4 unspecified atom stereocenters. The van der Waals surface area contributed by atoms with Crippen LogP contribution in [0.3, 0.4) is 0 Å². The number of aryl methyl sites for hydroxylation is 1. The lowest BCUT2D eigenvalue weighted by molar-refractivity contribution is -0.133. The van der Waals surface area contributed by atoms with Gasteiger partial charge in [0, 0.05) is 0 Å². The van der Waals surface area contributed by atoms with Crippen LogP contribution in [0.5, 0.6) is 0 Å². The van der Waals surface area contributed by atoms with E-state index in [0.29, 0.717) is 0 Å². The minimum atomic E-state index is -4.64. The van der Waals surface area contributed by atoms with Gasteiger partial charge < -0.3 is 18.9 Å². The first-order valence-electron chi connectivity index (χ1n) is 19.3. The van der Waals surface area contributed by atoms with E-state index in [9.17, 15) is 36.0 Å². The lowest BCUT2D eigenvalue weighted by Gasteiger charge is -2.35. The Morgan fingerprint density at radius 2 is 0.651 bits per heavy atom. The Labute approximate surface area is 364 Å². The van der Waals surface area contributed by atoms with Crippen molar-refractivity contribution in [3.8, 4) is 0 Å². The third-order valence-electron chi connectivity index (χ3n) is 9.21. The first-order valence-corrected chi connectivity index (χ1v) is 22.1. The molecule has 0 radical (unpaired) electrons. The molecule has 0 aliphatic carbocycles. The molecule has 6 rings (SSSR count). The van der Waals surface area contributed by atoms with E-state index >= 15 is 0 Å². The quantitative estimate of drug-likeness (QED) is 0.0458. The van der Waals surface area contributed by atoms with E-state index in [1.54, 1.807) is 37.3 Å². The van der Waals surface area contributed by atoms with Crippen molar-refractivity contribution in [2.24, 2.45) is 0 Å². The number of ether oxygens (including phenoxy) is 4. The summed E-state index contributed by atoms with van der Waals surface area (Å²) in [5.74, 6) is -4.33. The summed E-state index contributed by atoms with van der Waals surface area (Å²) in [6.45, 7) is -0.415. The van der Waals surface area contributed by atoms with Crippen LogP contribution in [0.15, 0.2) is 186 Å². The third kappa shape index (κ3) is 12.5. The summed E-state index contributed by atoms with van der Waals surface area (Å²) >= 11 is 0. The maximum Gasteiger partial charge on any atom is 0.338 e. The zero-order chi connectivity index (χ0) is 44.8. The first kappa shape index (κ1) is 45.5. The van der Waals surface area contributed by atoms with E-state index < -0.39 is 81.7 Å². The summed E-state index contributed by atoms with van der Waals surface area (Å²) in [4.78, 5) is 55.4. The molecule has 0 aromatic heterocycles. The van der Waals surface area contributed by atoms with E-state index in [1.165, 1.54) is 146 Å². The van der Waals surface area contributed by atoms with Gasteiger partial charge in [-0.3, -0.25) is 8.37 Å². The fourth-order valence-electron chi connectivity index (χ4n) is 5.93. The Morgan fingerprint density at radius 3 is 0.968 bits per heavy atom. The smallest absolute Gasteiger partial charge is 0.338 e. The molecule has 324 valence electrons. The molecule has 0 spiro atoms. The van der Waals surface area contributed by atoms with Crippen LogP contribution in [0.25, 0.3) is 0 Å². The second-order valence-corrected chi connectivity index (χ2v) is 16.9. The van der Waals surface area contributed by atoms with E-state index in [0.717, 1.165) is 5.56 Å². The maximum atomic E-state index is 14.1. The van der Waals surface area contributed by atoms with Gasteiger partial charge in [-0.2, -0.15) is 16.8 Å². The van der Waals surface area contributed by atoms with Gasteiger partial charge in [0.05, 0.1) is 32.0 Å². The van der Waals surface area contributed by atoms with Crippen LogP contribution >= 0.6 is 0 Å². The van der Waals surface area contributed by atoms with E-state index in [1.807, 2.05) is 0 Å². The maximum absolute atomic E-state index is 14.1. The minimum absolute atomic E-state index is 0.0285. The lowest BCUT2D eigenvalue weighted by atomic mass is 10.0. The van der Waals surface area contributed by atoms with Crippen molar-refractivity contribution in [3.63, 3.8) is 0 Å². The number of rotatable bonds is 19. The minimum Gasteiger partial charge on any atom is -0.452 e. The fraction of sp³-hybridized carbons (Fsp3) is 0.149. The highest BCUT2D eigenvalue weighted by Gasteiger charge is 2.46. The van der Waals surface area contributed by atoms with Crippen molar-refractivity contribution >= 4 is 44.1 Å². The molecule has 0 fully saturated rings. The molecule has 16 heteroatoms. The molecule has 0 saturated carbocycles. The number of hydrogen-bond donors (Lipinski definition) is 0. The molecule has 6 aromatic carbocycles. The summed E-state index contributed by atoms with van der Waals surface area (Å²) in [6.07, 6.45) is -8.29. The molecule has 14 nitrogen and oxygen atoms in total. The largest absolute Gasteiger partial charge is 0.452 e. The average Bonchev–Trinajstić information content (AvgIpc) is 3.31. The monoisotopic (exact) mass is 892 g/mol. The molecular formula is C47H40O14S2. The van der Waals surface area contributed by atoms with Gasteiger partial charge in [-0.05, 0) is 79.7 Å². The predicted molar refractivity (Wildman–Crippen MR) is 226 cm³/mol. The number of hydrogen-bond acceptors (Lipinski definition) is 14. The number of carbonyl (C=O) groups is 4. The SMILES string of the molecule is Cc1ccc(S(=O)(=O)OCC(OC(=O)c2ccccc2)C(OC(=O)c2ccccc2)C(OC(=O)c2ccccc2)C(COS(=O)(=O)c2ccccc2)OC(=O)c2ccccc2)cc1. The van der Waals surface area contributed by atoms with Gasteiger partial charge in [-0.25, -0.2) is 19.2 Å². The Morgan fingerprint density at radius 1 is 0.381 bits per heavy atom. The van der Waals surface area contributed by atoms with Gasteiger partial charge in [-0.15, -0.1) is 0 Å². The summed E-state index contributed by atoms with van der Waals surface area (Å²) in [7, 11) is -9.27. The van der Waals surface area contributed by atoms with Crippen molar-refractivity contribution in [2.45, 2.75) is 41.1 Å². The zero-order valence-corrected chi connectivity index (χ0v) is 35.1. The van der Waals surface area contributed by atoms with Gasteiger partial charge >= 0.3 is 23.9 Å². The van der Waals surface area contributed by atoms with E-state index in [2.05, 4.69) is 0 Å². The molecule has 4 atom stereocenters. The summed E-state index contributed by atoms with van der Waals surface area (Å²) in [5, 5.41) is 0. The molecule has 0 bridgehead atoms. The van der Waals surface area contributed by atoms with Crippen LogP contribution in [-0.4, -0.2) is 78.3 Å². The summed E-state index contributed by atoms with van der Waals surface area (Å²) < 4.78 is 89.4. The van der Waals surface area contributed by atoms with Crippen LogP contribution in [-0.2, 0) is 47.5 Å². The van der Waals surface area contributed by atoms with Gasteiger partial charge in [0.2, 0.25) is 0 Å². The van der Waals surface area contributed by atoms with E-state index in [-0.39, 0.29) is 32.0 Å². The van der Waals surface area contributed by atoms with Crippen molar-refractivity contribution in [1.29, 1.82) is 0 Å². The molecule has 0 amide bonds. The van der Waals surface area contributed by atoms with Crippen LogP contribution < -0.4 is 0 Å². The molecule has 6 aromatic rings. The second kappa shape index (κ2) is 21.2. The van der Waals surface area contributed by atoms with E-state index in [4.69, 9.17) is 27.3 Å². The Bertz CT molecular complexity index is 2680. The van der Waals surface area contributed by atoms with Crippen molar-refractivity contribution < 1.29 is 63.3 Å². The normalized spacial score (nSPS) is 13.3. The number of benzene rings is 6. The van der Waals surface area contributed by atoms with Crippen LogP contribution in [0.4, 0.5) is 0 Å². The van der Waals surface area contributed by atoms with Gasteiger partial charge in [-0.1, -0.05) is 109 Å². The lowest BCUT2D eigenvalue weighted by Crippen LogP contribution is -2.54. The van der Waals surface area contributed by atoms with Crippen LogP contribution in [0.2, 0.25) is 0 Å². The third-order valence-corrected chi connectivity index (χ3v) is 11.8. The average molecular weight is 893 g/mol. The topological polar surface area (TPSA) is 192 Å².